The van der Waals surface area contributed by atoms with Gasteiger partial charge in [0.2, 0.25) is 0 Å². The Bertz CT molecular complexity index is 538. The molecule has 0 bridgehead atoms. The number of nitrogens with zero attached hydrogens (tertiary/aromatic N) is 6. The van der Waals surface area contributed by atoms with Crippen LogP contribution in [0, 0.1) is 0 Å². The van der Waals surface area contributed by atoms with E-state index in [0.717, 1.165) is 23.5 Å². The van der Waals surface area contributed by atoms with Gasteiger partial charge in [-0.25, -0.2) is 0 Å². The van der Waals surface area contributed by atoms with E-state index in [4.69, 9.17) is 5.53 Å². The predicted octanol–water partition coefficient (Wildman–Crippen LogP) is 2.78. The highest BCUT2D eigenvalue weighted by Gasteiger charge is 2.10. The Hall–Kier alpha value is -2.33. The first-order valence-electron chi connectivity index (χ1n) is 5.33. The Morgan fingerprint density at radius 3 is 3.00 bits per heavy atom. The molecule has 2 aromatic heterocycles. The molecule has 0 atom stereocenters. The molecule has 17 heavy (non-hydrogen) atoms. The molecule has 0 aliphatic heterocycles. The predicted molar refractivity (Wildman–Crippen MR) is 64.0 cm³/mol. The summed E-state index contributed by atoms with van der Waals surface area (Å²) >= 11 is 0. The van der Waals surface area contributed by atoms with Gasteiger partial charge in [0.25, 0.3) is 0 Å². The highest BCUT2D eigenvalue weighted by atomic mass is 15.3. The van der Waals surface area contributed by atoms with Crippen molar-refractivity contribution in [1.82, 2.24) is 14.8 Å². The average molecular weight is 228 g/mol. The maximum absolute atomic E-state index is 8.37. The van der Waals surface area contributed by atoms with Crippen LogP contribution in [0.4, 0.5) is 0 Å². The van der Waals surface area contributed by atoms with Crippen molar-refractivity contribution in [2.24, 2.45) is 5.11 Å². The summed E-state index contributed by atoms with van der Waals surface area (Å²) in [6.07, 6.45) is 3.61. The van der Waals surface area contributed by atoms with Crippen LogP contribution in [-0.4, -0.2) is 14.8 Å². The molecule has 0 unspecified atom stereocenters. The second kappa shape index (κ2) is 5.14. The normalized spacial score (nSPS) is 9.94. The lowest BCUT2D eigenvalue weighted by molar-refractivity contribution is 0.661. The fourth-order valence-electron chi connectivity index (χ4n) is 1.57. The molecule has 0 aliphatic rings. The number of azide groups is 1. The van der Waals surface area contributed by atoms with Gasteiger partial charge in [-0.3, -0.25) is 9.67 Å². The topological polar surface area (TPSA) is 79.5 Å². The summed E-state index contributed by atoms with van der Waals surface area (Å²) in [5.41, 5.74) is 10.8. The van der Waals surface area contributed by atoms with E-state index in [1.165, 1.54) is 0 Å². The molecule has 0 saturated heterocycles. The van der Waals surface area contributed by atoms with Crippen molar-refractivity contribution in [2.75, 3.05) is 0 Å². The van der Waals surface area contributed by atoms with Gasteiger partial charge in [0.05, 0.1) is 12.2 Å². The molecule has 0 spiro atoms. The van der Waals surface area contributed by atoms with E-state index in [1.54, 1.807) is 6.20 Å². The lowest BCUT2D eigenvalue weighted by Crippen LogP contribution is -1.94. The maximum Gasteiger partial charge on any atom is 0.114 e. The molecule has 0 aliphatic carbocycles. The van der Waals surface area contributed by atoms with Gasteiger partial charge in [-0.2, -0.15) is 5.10 Å². The van der Waals surface area contributed by atoms with Gasteiger partial charge in [-0.05, 0) is 24.6 Å². The van der Waals surface area contributed by atoms with E-state index in [-0.39, 0.29) is 0 Å². The number of aryl methyl sites for hydroxylation is 1. The first kappa shape index (κ1) is 11.2. The quantitative estimate of drug-likeness (QED) is 0.458. The molecule has 2 heterocycles. The zero-order valence-electron chi connectivity index (χ0n) is 9.48. The number of rotatable bonds is 4. The highest BCUT2D eigenvalue weighted by molar-refractivity contribution is 5.57. The molecular formula is C11H12N6. The Labute approximate surface area is 98.5 Å². The molecule has 0 saturated carbocycles. The van der Waals surface area contributed by atoms with Crippen LogP contribution in [0.3, 0.4) is 0 Å². The summed E-state index contributed by atoms with van der Waals surface area (Å²) in [7, 11) is 0. The molecule has 2 aromatic rings. The van der Waals surface area contributed by atoms with E-state index in [9.17, 15) is 0 Å². The van der Waals surface area contributed by atoms with Crippen LogP contribution in [0.5, 0.6) is 0 Å². The van der Waals surface area contributed by atoms with Crippen molar-refractivity contribution in [1.29, 1.82) is 0 Å². The lowest BCUT2D eigenvalue weighted by atomic mass is 10.2. The molecule has 86 valence electrons. The van der Waals surface area contributed by atoms with Crippen LogP contribution in [0.15, 0.2) is 35.7 Å². The maximum atomic E-state index is 8.37. The number of aromatic nitrogens is 3. The number of pyridine rings is 1. The third kappa shape index (κ3) is 2.43. The van der Waals surface area contributed by atoms with E-state index >= 15 is 0 Å². The average Bonchev–Trinajstić information content (AvgIpc) is 2.80. The van der Waals surface area contributed by atoms with Crippen LogP contribution in [0.2, 0.25) is 0 Å². The summed E-state index contributed by atoms with van der Waals surface area (Å²) in [4.78, 5) is 7.02. The monoisotopic (exact) mass is 228 g/mol. The fraction of sp³-hybridized carbons (Fsp3) is 0.273. The summed E-state index contributed by atoms with van der Waals surface area (Å²) < 4.78 is 1.81. The summed E-state index contributed by atoms with van der Waals surface area (Å²) in [6.45, 7) is 3.07. The standard InChI is InChI=1S/C11H12N6/c1-2-17-8-9(7-14-16-12)11(15-17)10-5-3-4-6-13-10/h3-6,8H,2,7H2,1H3. The summed E-state index contributed by atoms with van der Waals surface area (Å²) in [6, 6.07) is 5.65. The summed E-state index contributed by atoms with van der Waals surface area (Å²) in [5, 5.41) is 8.00. The van der Waals surface area contributed by atoms with Gasteiger partial charge in [0.1, 0.15) is 5.69 Å². The van der Waals surface area contributed by atoms with Crippen LogP contribution < -0.4 is 0 Å². The number of hydrogen-bond donors (Lipinski definition) is 0. The molecule has 0 fully saturated rings. The van der Waals surface area contributed by atoms with Gasteiger partial charge in [-0.15, -0.1) is 0 Å². The molecule has 6 nitrogen and oxygen atoms in total. The molecular weight excluding hydrogens is 216 g/mol. The Morgan fingerprint density at radius 1 is 1.47 bits per heavy atom. The fourth-order valence-corrected chi connectivity index (χ4v) is 1.57. The van der Waals surface area contributed by atoms with Gasteiger partial charge in [0.15, 0.2) is 0 Å². The number of hydrogen-bond acceptors (Lipinski definition) is 3. The van der Waals surface area contributed by atoms with Crippen LogP contribution in [-0.2, 0) is 13.1 Å². The van der Waals surface area contributed by atoms with E-state index in [2.05, 4.69) is 20.1 Å². The lowest BCUT2D eigenvalue weighted by Gasteiger charge is -1.97. The molecule has 2 rings (SSSR count). The van der Waals surface area contributed by atoms with Gasteiger partial charge >= 0.3 is 0 Å². The van der Waals surface area contributed by atoms with Crippen molar-refractivity contribution in [2.45, 2.75) is 20.0 Å². The molecule has 6 heteroatoms. The Morgan fingerprint density at radius 2 is 2.35 bits per heavy atom. The minimum atomic E-state index is 0.294. The first-order chi connectivity index (χ1) is 8.35. The van der Waals surface area contributed by atoms with Gasteiger partial charge in [-0.1, -0.05) is 11.2 Å². The third-order valence-electron chi connectivity index (χ3n) is 2.37. The second-order valence-electron chi connectivity index (χ2n) is 3.46. The molecule has 0 aromatic carbocycles. The Kier molecular flexibility index (Phi) is 3.37. The van der Waals surface area contributed by atoms with E-state index < -0.39 is 0 Å². The van der Waals surface area contributed by atoms with Gasteiger partial charge in [0, 0.05) is 29.4 Å². The minimum Gasteiger partial charge on any atom is -0.272 e. The van der Waals surface area contributed by atoms with E-state index in [0.29, 0.717) is 6.54 Å². The van der Waals surface area contributed by atoms with Crippen LogP contribution in [0.1, 0.15) is 12.5 Å². The summed E-state index contributed by atoms with van der Waals surface area (Å²) in [5.74, 6) is 0. The van der Waals surface area contributed by atoms with Crippen molar-refractivity contribution in [3.63, 3.8) is 0 Å². The SMILES string of the molecule is CCn1cc(CN=[N+]=[N-])c(-c2ccccn2)n1. The molecule has 0 radical (unpaired) electrons. The highest BCUT2D eigenvalue weighted by Crippen LogP contribution is 2.20. The van der Waals surface area contributed by atoms with Gasteiger partial charge < -0.3 is 0 Å². The zero-order valence-corrected chi connectivity index (χ0v) is 9.48. The molecule has 0 amide bonds. The van der Waals surface area contributed by atoms with Crippen molar-refractivity contribution >= 4 is 0 Å². The molecule has 0 N–H and O–H groups in total. The first-order valence-corrected chi connectivity index (χ1v) is 5.33. The second-order valence-corrected chi connectivity index (χ2v) is 3.46. The van der Waals surface area contributed by atoms with Crippen molar-refractivity contribution in [3.8, 4) is 11.4 Å². The zero-order chi connectivity index (χ0) is 12.1. The minimum absolute atomic E-state index is 0.294. The largest absolute Gasteiger partial charge is 0.272 e. The van der Waals surface area contributed by atoms with Crippen LogP contribution in [0.25, 0.3) is 21.8 Å². The smallest absolute Gasteiger partial charge is 0.114 e. The van der Waals surface area contributed by atoms with Crippen molar-refractivity contribution < 1.29 is 0 Å². The van der Waals surface area contributed by atoms with Crippen LogP contribution >= 0.6 is 0 Å². The Balaban J connectivity index is 2.44. The third-order valence-corrected chi connectivity index (χ3v) is 2.37. The van der Waals surface area contributed by atoms with Crippen molar-refractivity contribution in [3.05, 3.63) is 46.6 Å². The van der Waals surface area contributed by atoms with E-state index in [1.807, 2.05) is 36.0 Å².